The number of nitrogens with two attached hydrogens (primary N) is 1. The SMILES string of the molecule is NC(=O)c1cccnc1OC1CCCc2ccccc21. The Kier molecular flexibility index (Phi) is 3.37. The molecule has 1 aromatic carbocycles. The molecule has 0 aliphatic heterocycles. The van der Waals surface area contributed by atoms with Crippen molar-refractivity contribution in [2.75, 3.05) is 0 Å². The van der Waals surface area contributed by atoms with Crippen LogP contribution in [0.1, 0.15) is 40.4 Å². The van der Waals surface area contributed by atoms with Gasteiger partial charge in [0.1, 0.15) is 11.7 Å². The van der Waals surface area contributed by atoms with Gasteiger partial charge >= 0.3 is 0 Å². The minimum atomic E-state index is -0.516. The fraction of sp³-hybridized carbons (Fsp3) is 0.250. The molecule has 0 spiro atoms. The van der Waals surface area contributed by atoms with Crippen LogP contribution in [0.2, 0.25) is 0 Å². The molecule has 1 atom stereocenters. The summed E-state index contributed by atoms with van der Waals surface area (Å²) in [7, 11) is 0. The van der Waals surface area contributed by atoms with E-state index in [1.54, 1.807) is 18.3 Å². The van der Waals surface area contributed by atoms with Crippen molar-refractivity contribution in [1.29, 1.82) is 0 Å². The number of primary amides is 1. The summed E-state index contributed by atoms with van der Waals surface area (Å²) >= 11 is 0. The molecule has 3 rings (SSSR count). The number of benzene rings is 1. The molecule has 0 radical (unpaired) electrons. The number of carbonyl (C=O) groups excluding carboxylic acids is 1. The second-order valence-corrected chi connectivity index (χ2v) is 4.92. The van der Waals surface area contributed by atoms with E-state index >= 15 is 0 Å². The average Bonchev–Trinajstić information content (AvgIpc) is 2.48. The Balaban J connectivity index is 1.92. The third kappa shape index (κ3) is 2.37. The zero-order chi connectivity index (χ0) is 13.9. The first-order chi connectivity index (χ1) is 9.75. The monoisotopic (exact) mass is 268 g/mol. The number of pyridine rings is 1. The molecular formula is C16H16N2O2. The second kappa shape index (κ2) is 5.33. The second-order valence-electron chi connectivity index (χ2n) is 4.92. The summed E-state index contributed by atoms with van der Waals surface area (Å²) in [5, 5.41) is 0. The third-order valence-electron chi connectivity index (χ3n) is 3.60. The molecule has 1 aliphatic carbocycles. The lowest BCUT2D eigenvalue weighted by atomic mass is 9.89. The summed E-state index contributed by atoms with van der Waals surface area (Å²) in [4.78, 5) is 15.6. The van der Waals surface area contributed by atoms with Gasteiger partial charge in [-0.05, 0) is 42.5 Å². The summed E-state index contributed by atoms with van der Waals surface area (Å²) in [5.74, 6) is -0.195. The Hall–Kier alpha value is -2.36. The number of fused-ring (bicyclic) bond motifs is 1. The fourth-order valence-corrected chi connectivity index (χ4v) is 2.64. The van der Waals surface area contributed by atoms with Gasteiger partial charge in [0.25, 0.3) is 5.91 Å². The van der Waals surface area contributed by atoms with Crippen molar-refractivity contribution < 1.29 is 9.53 Å². The maximum absolute atomic E-state index is 11.4. The van der Waals surface area contributed by atoms with E-state index in [2.05, 4.69) is 17.1 Å². The molecule has 0 bridgehead atoms. The van der Waals surface area contributed by atoms with Crippen LogP contribution in [0.4, 0.5) is 0 Å². The Morgan fingerprint density at radius 1 is 1.25 bits per heavy atom. The van der Waals surface area contributed by atoms with Crippen LogP contribution in [0.25, 0.3) is 0 Å². The molecule has 2 aromatic rings. The molecule has 4 nitrogen and oxygen atoms in total. The van der Waals surface area contributed by atoms with E-state index in [9.17, 15) is 4.79 Å². The summed E-state index contributed by atoms with van der Waals surface area (Å²) in [6.45, 7) is 0. The van der Waals surface area contributed by atoms with Gasteiger partial charge in [-0.25, -0.2) is 4.98 Å². The summed E-state index contributed by atoms with van der Waals surface area (Å²) in [6.07, 6.45) is 4.61. The number of ether oxygens (including phenoxy) is 1. The van der Waals surface area contributed by atoms with E-state index in [1.165, 1.54) is 11.1 Å². The number of carbonyl (C=O) groups is 1. The molecule has 1 amide bonds. The van der Waals surface area contributed by atoms with Crippen LogP contribution in [0.3, 0.4) is 0 Å². The van der Waals surface area contributed by atoms with Crippen molar-refractivity contribution in [3.63, 3.8) is 0 Å². The van der Waals surface area contributed by atoms with Gasteiger partial charge in [-0.1, -0.05) is 24.3 Å². The number of nitrogens with zero attached hydrogens (tertiary/aromatic N) is 1. The minimum absolute atomic E-state index is 0.0621. The van der Waals surface area contributed by atoms with Crippen LogP contribution in [0.5, 0.6) is 5.88 Å². The van der Waals surface area contributed by atoms with Crippen molar-refractivity contribution in [1.82, 2.24) is 4.98 Å². The van der Waals surface area contributed by atoms with E-state index in [0.29, 0.717) is 11.4 Å². The Morgan fingerprint density at radius 3 is 2.95 bits per heavy atom. The number of hydrogen-bond acceptors (Lipinski definition) is 3. The van der Waals surface area contributed by atoms with Crippen LogP contribution in [0, 0.1) is 0 Å². The van der Waals surface area contributed by atoms with Crippen LogP contribution in [0.15, 0.2) is 42.6 Å². The van der Waals surface area contributed by atoms with E-state index in [1.807, 2.05) is 12.1 Å². The molecule has 0 saturated carbocycles. The molecule has 1 heterocycles. The first-order valence-corrected chi connectivity index (χ1v) is 6.75. The van der Waals surface area contributed by atoms with E-state index in [4.69, 9.17) is 10.5 Å². The van der Waals surface area contributed by atoms with Gasteiger partial charge in [0.2, 0.25) is 5.88 Å². The van der Waals surface area contributed by atoms with Crippen molar-refractivity contribution in [3.8, 4) is 5.88 Å². The highest BCUT2D eigenvalue weighted by Crippen LogP contribution is 2.33. The third-order valence-corrected chi connectivity index (χ3v) is 3.60. The Morgan fingerprint density at radius 2 is 2.10 bits per heavy atom. The summed E-state index contributed by atoms with van der Waals surface area (Å²) in [6, 6.07) is 11.6. The van der Waals surface area contributed by atoms with E-state index < -0.39 is 5.91 Å². The molecule has 2 N–H and O–H groups in total. The lowest BCUT2D eigenvalue weighted by molar-refractivity contribution is 0.0989. The molecule has 1 aliphatic rings. The average molecular weight is 268 g/mol. The van der Waals surface area contributed by atoms with Crippen LogP contribution in [-0.4, -0.2) is 10.9 Å². The number of aromatic nitrogens is 1. The van der Waals surface area contributed by atoms with Crippen molar-refractivity contribution in [2.24, 2.45) is 5.73 Å². The van der Waals surface area contributed by atoms with Gasteiger partial charge in [0.05, 0.1) is 0 Å². The highest BCUT2D eigenvalue weighted by Gasteiger charge is 2.23. The molecule has 102 valence electrons. The van der Waals surface area contributed by atoms with E-state index in [0.717, 1.165) is 19.3 Å². The van der Waals surface area contributed by atoms with Crippen LogP contribution < -0.4 is 10.5 Å². The number of aryl methyl sites for hydroxylation is 1. The minimum Gasteiger partial charge on any atom is -0.469 e. The largest absolute Gasteiger partial charge is 0.469 e. The highest BCUT2D eigenvalue weighted by atomic mass is 16.5. The van der Waals surface area contributed by atoms with E-state index in [-0.39, 0.29) is 6.10 Å². The molecule has 20 heavy (non-hydrogen) atoms. The van der Waals surface area contributed by atoms with Gasteiger partial charge in [-0.2, -0.15) is 0 Å². The smallest absolute Gasteiger partial charge is 0.254 e. The lowest BCUT2D eigenvalue weighted by Gasteiger charge is -2.26. The topological polar surface area (TPSA) is 65.2 Å². The van der Waals surface area contributed by atoms with Crippen LogP contribution in [-0.2, 0) is 6.42 Å². The van der Waals surface area contributed by atoms with Crippen molar-refractivity contribution in [3.05, 3.63) is 59.3 Å². The first kappa shape index (κ1) is 12.7. The Labute approximate surface area is 117 Å². The van der Waals surface area contributed by atoms with Gasteiger partial charge in [-0.15, -0.1) is 0 Å². The zero-order valence-electron chi connectivity index (χ0n) is 11.1. The number of rotatable bonds is 3. The molecular weight excluding hydrogens is 252 g/mol. The summed E-state index contributed by atoms with van der Waals surface area (Å²) < 4.78 is 5.96. The van der Waals surface area contributed by atoms with Gasteiger partial charge in [-0.3, -0.25) is 4.79 Å². The molecule has 4 heteroatoms. The Bertz CT molecular complexity index is 640. The van der Waals surface area contributed by atoms with Gasteiger partial charge in [0, 0.05) is 6.20 Å². The maximum Gasteiger partial charge on any atom is 0.254 e. The first-order valence-electron chi connectivity index (χ1n) is 6.75. The molecule has 1 unspecified atom stereocenters. The predicted octanol–water partition coefficient (Wildman–Crippen LogP) is 2.64. The number of amides is 1. The molecule has 0 fully saturated rings. The van der Waals surface area contributed by atoms with Gasteiger partial charge < -0.3 is 10.5 Å². The maximum atomic E-state index is 11.4. The van der Waals surface area contributed by atoms with Crippen LogP contribution >= 0.6 is 0 Å². The van der Waals surface area contributed by atoms with Gasteiger partial charge in [0.15, 0.2) is 0 Å². The standard InChI is InChI=1S/C16H16N2O2/c17-15(19)13-8-4-10-18-16(13)20-14-9-3-6-11-5-1-2-7-12(11)14/h1-2,4-5,7-8,10,14H,3,6,9H2,(H2,17,19). The predicted molar refractivity (Wildman–Crippen MR) is 75.5 cm³/mol. The quantitative estimate of drug-likeness (QED) is 0.930. The summed E-state index contributed by atoms with van der Waals surface area (Å²) in [5.41, 5.74) is 8.17. The van der Waals surface area contributed by atoms with Crippen molar-refractivity contribution in [2.45, 2.75) is 25.4 Å². The van der Waals surface area contributed by atoms with Crippen molar-refractivity contribution >= 4 is 5.91 Å². The highest BCUT2D eigenvalue weighted by molar-refractivity contribution is 5.94. The fourth-order valence-electron chi connectivity index (χ4n) is 2.64. The number of hydrogen-bond donors (Lipinski definition) is 1. The molecule has 1 aromatic heterocycles. The molecule has 0 saturated heterocycles. The normalized spacial score (nSPS) is 17.3. The zero-order valence-corrected chi connectivity index (χ0v) is 11.1. The lowest BCUT2D eigenvalue weighted by Crippen LogP contribution is -2.19.